The molecule has 2 saturated carbocycles. The van der Waals surface area contributed by atoms with Gasteiger partial charge >= 0.3 is 0 Å². The lowest BCUT2D eigenvalue weighted by atomic mass is 10.0. The zero-order chi connectivity index (χ0) is 78.5. The van der Waals surface area contributed by atoms with Crippen molar-refractivity contribution in [1.29, 1.82) is 0 Å². The maximum atomic E-state index is 5.07. The number of hydrazine groups is 1. The van der Waals surface area contributed by atoms with Gasteiger partial charge in [-0.25, -0.2) is 0 Å². The molecule has 0 bridgehead atoms. The summed E-state index contributed by atoms with van der Waals surface area (Å²) in [6.07, 6.45) is 53.8. The molecule has 18 aliphatic heterocycles. The Balaban J connectivity index is 0.000000584. The van der Waals surface area contributed by atoms with Gasteiger partial charge in [-0.05, 0) is 245 Å². The third-order valence-corrected chi connectivity index (χ3v) is 31.9. The van der Waals surface area contributed by atoms with E-state index in [-0.39, 0.29) is 0 Å². The lowest BCUT2D eigenvalue weighted by molar-refractivity contribution is -0.0334. The highest BCUT2D eigenvalue weighted by Gasteiger charge is 2.05. The summed E-state index contributed by atoms with van der Waals surface area (Å²) in [5, 5.41) is 21.3. The van der Waals surface area contributed by atoms with E-state index in [1.54, 1.807) is 12.0 Å². The van der Waals surface area contributed by atoms with Crippen molar-refractivity contribution >= 4 is 141 Å². The van der Waals surface area contributed by atoms with E-state index in [4.69, 9.17) is 42.1 Å². The number of rotatable bonds is 0. The summed E-state index contributed by atoms with van der Waals surface area (Å²) in [5.74, 6) is 20.1. The third kappa shape index (κ3) is 108. The molecule has 16 nitrogen and oxygen atoms in total. The highest BCUT2D eigenvalue weighted by Crippen LogP contribution is 2.28. The van der Waals surface area contributed by atoms with E-state index in [9.17, 15) is 0 Å². The van der Waals surface area contributed by atoms with Crippen molar-refractivity contribution in [3.05, 3.63) is 0 Å². The average molecular weight is 1800 g/mol. The van der Waals surface area contributed by atoms with Crippen LogP contribution in [0.4, 0.5) is 0 Å². The van der Waals surface area contributed by atoms with Crippen LogP contribution in [0.1, 0.15) is 244 Å². The molecule has 111 heavy (non-hydrogen) atoms. The van der Waals surface area contributed by atoms with E-state index >= 15 is 0 Å². The van der Waals surface area contributed by atoms with Gasteiger partial charge in [-0.15, -0.1) is 47.0 Å². The van der Waals surface area contributed by atoms with Gasteiger partial charge in [0.1, 0.15) is 6.79 Å². The van der Waals surface area contributed by atoms with Crippen molar-refractivity contribution in [2.75, 3.05) is 278 Å². The molecule has 20 rings (SSSR count). The van der Waals surface area contributed by atoms with Crippen LogP contribution in [0.2, 0.25) is 0 Å². The number of hydrogen-bond acceptors (Lipinski definition) is 28. The molecule has 0 radical (unpaired) electrons. The number of piperidine rings is 2. The van der Waals surface area contributed by atoms with Gasteiger partial charge in [0.15, 0.2) is 0 Å². The third-order valence-electron chi connectivity index (χ3n) is 17.9. The zero-order valence-electron chi connectivity index (χ0n) is 70.8. The first kappa shape index (κ1) is 113. The van der Waals surface area contributed by atoms with Crippen LogP contribution in [0.15, 0.2) is 0 Å². The van der Waals surface area contributed by atoms with Crippen LogP contribution in [-0.2, 0) is 42.1 Å². The highest BCUT2D eigenvalue weighted by atomic mass is 32.3. The van der Waals surface area contributed by atoms with Gasteiger partial charge in [0.25, 0.3) is 0 Å². The van der Waals surface area contributed by atoms with Gasteiger partial charge in [0.2, 0.25) is 0 Å². The first-order valence-corrected chi connectivity index (χ1v) is 58.3. The summed E-state index contributed by atoms with van der Waals surface area (Å²) >= 11 is 24.0. The first-order valence-electron chi connectivity index (χ1n) is 44.7. The van der Waals surface area contributed by atoms with Crippen LogP contribution in [0.5, 0.6) is 0 Å². The average Bonchev–Trinajstić information content (AvgIpc) is 4.76. The Labute approximate surface area is 736 Å². The number of ether oxygens (including phenoxy) is 8. The second kappa shape index (κ2) is 110. The van der Waals surface area contributed by atoms with Crippen molar-refractivity contribution in [2.45, 2.75) is 244 Å². The molecule has 0 atom stereocenters. The van der Waals surface area contributed by atoms with Crippen molar-refractivity contribution in [2.24, 2.45) is 0 Å². The lowest BCUT2D eigenvalue weighted by Gasteiger charge is -2.09. The van der Waals surface area contributed by atoms with E-state index in [0.717, 1.165) is 131 Å². The Morgan fingerprint density at radius 2 is 0.468 bits per heavy atom. The number of nitrogens with one attached hydrogen (secondary N) is 7. The molecule has 2 aliphatic carbocycles. The molecule has 28 heteroatoms. The fourth-order valence-electron chi connectivity index (χ4n) is 11.3. The molecule has 666 valence electrons. The molecule has 0 spiro atoms. The molecule has 0 amide bonds. The Bertz CT molecular complexity index is 996. The van der Waals surface area contributed by atoms with E-state index < -0.39 is 0 Å². The molecular formula is C83H173N7O9S12. The van der Waals surface area contributed by atoms with Crippen molar-refractivity contribution in [3.8, 4) is 0 Å². The van der Waals surface area contributed by atoms with E-state index in [1.807, 2.05) is 47.0 Å². The van der Waals surface area contributed by atoms with Crippen LogP contribution >= 0.6 is 141 Å². The molecule has 0 aromatic carbocycles. The highest BCUT2D eigenvalue weighted by molar-refractivity contribution is 8.31. The predicted octanol–water partition coefficient (Wildman–Crippen LogP) is 20.4. The molecule has 20 fully saturated rings. The molecule has 18 saturated heterocycles. The lowest BCUT2D eigenvalue weighted by Crippen LogP contribution is -2.21. The van der Waals surface area contributed by atoms with Crippen molar-refractivity contribution in [1.82, 2.24) is 37.4 Å². The molecule has 0 unspecified atom stereocenters. The summed E-state index contributed by atoms with van der Waals surface area (Å²) in [4.78, 5) is 0. The van der Waals surface area contributed by atoms with E-state index in [2.05, 4.69) is 120 Å². The molecular weight excluding hydrogens is 1620 g/mol. The van der Waals surface area contributed by atoms with Crippen LogP contribution < -0.4 is 37.4 Å². The van der Waals surface area contributed by atoms with Gasteiger partial charge in [0, 0.05) is 127 Å². The van der Waals surface area contributed by atoms with Gasteiger partial charge in [-0.2, -0.15) is 82.3 Å². The number of thioether (sulfide) groups is 11. The van der Waals surface area contributed by atoms with Crippen molar-refractivity contribution < 1.29 is 42.1 Å². The van der Waals surface area contributed by atoms with Crippen molar-refractivity contribution in [3.63, 3.8) is 0 Å². The largest absolute Gasteiger partial charge is 0.381 e. The zero-order valence-corrected chi connectivity index (χ0v) is 80.6. The summed E-state index contributed by atoms with van der Waals surface area (Å²) in [6.45, 7) is 26.1. The Kier molecular flexibility index (Phi) is 111. The normalized spacial score (nSPS) is 24.0. The Morgan fingerprint density at radius 1 is 0.162 bits per heavy atom. The van der Waals surface area contributed by atoms with E-state index in [1.165, 1.54) is 384 Å². The molecule has 0 aromatic heterocycles. The topological polar surface area (TPSA) is 167 Å². The van der Waals surface area contributed by atoms with E-state index in [0.29, 0.717) is 6.79 Å². The summed E-state index contributed by atoms with van der Waals surface area (Å²) in [5.41, 5.74) is 5.94. The smallest absolute Gasteiger partial charge is 0.146 e. The van der Waals surface area contributed by atoms with Gasteiger partial charge in [-0.3, -0.25) is 10.9 Å². The minimum Gasteiger partial charge on any atom is -0.381 e. The Hall–Kier alpha value is 3.56. The summed E-state index contributed by atoms with van der Waals surface area (Å²) in [6, 6.07) is 0. The molecule has 7 N–H and O–H groups in total. The molecule has 18 heterocycles. The van der Waals surface area contributed by atoms with Gasteiger partial charge < -0.3 is 68.7 Å². The molecule has 0 aromatic rings. The van der Waals surface area contributed by atoms with Crippen LogP contribution in [-0.4, -0.2) is 278 Å². The van der Waals surface area contributed by atoms with Crippen LogP contribution in [0.3, 0.4) is 0 Å². The monoisotopic (exact) mass is 1800 g/mol. The maximum absolute atomic E-state index is 5.07. The summed E-state index contributed by atoms with van der Waals surface area (Å²) in [7, 11) is 0. The van der Waals surface area contributed by atoms with Crippen LogP contribution in [0.25, 0.3) is 0 Å². The van der Waals surface area contributed by atoms with Gasteiger partial charge in [0.05, 0.1) is 58.8 Å². The standard InChI is InChI=1S/C6H12.2C5H11N.2C5H10O.2C5H10S.C5H10.C4H9N.C4H8O2.C4H8O.2C4H8S2.C4H8S.2C3H8N2.C3H6O2.2C3H6OS.C3H6S3/c7*1-2-4-6-5-3-1;2*1-2-4-5-3-1;1-2-6-4-3-5-1;1-2-4-5-3-1;1-2-6-4-3-5-1;1-2-5-4-6-3-1;1-2-4-5-3-1;1-2-5-3-4-1;1-2-4-5-3-1;2*1-2-5-3-4-1;1-2-4-5-3-1;1-4-2-6-3-5-1/h1-6H2;2*6H,1-5H2;4*1-5H2;1-5H2;5H,1-4H2;1-4H2;1-4H2;2*1-4H2;1-4H2;2*4-5H,1-3H2;3*1-3H2;1-3H2. The quantitative estimate of drug-likeness (QED) is 0.114. The predicted molar refractivity (Wildman–Crippen MR) is 517 cm³/mol. The molecule has 20 aliphatic rings. The SMILES string of the molecule is C1CCCC1.C1CCCCC1.C1CCNC1.C1CCNCC1.C1CCNCC1.C1CCOC1.C1CCOCC1.C1CCOCC1.C1CCSC1.C1CCSCC1.C1CCSCC1.C1CNCN1.C1CNNC1.C1COCCO1.C1COCO1.C1COSC1.C1CSCCS1.C1CSCO1.C1CSCSC1.C1SCSCS1. The van der Waals surface area contributed by atoms with Crippen LogP contribution in [0, 0.1) is 0 Å². The summed E-state index contributed by atoms with van der Waals surface area (Å²) < 4.78 is 44.2. The fraction of sp³-hybridized carbons (Fsp3) is 1.00. The number of hydrogen-bond donors (Lipinski definition) is 7. The maximum Gasteiger partial charge on any atom is 0.146 e. The van der Waals surface area contributed by atoms with Gasteiger partial charge in [-0.1, -0.05) is 96.3 Å². The minimum atomic E-state index is 0.500. The fourth-order valence-corrected chi connectivity index (χ4v) is 24.2. The second-order valence-corrected chi connectivity index (χ2v) is 42.9. The minimum absolute atomic E-state index is 0.500. The Morgan fingerprint density at radius 3 is 0.613 bits per heavy atom. The first-order chi connectivity index (χ1) is 55.5. The second-order valence-electron chi connectivity index (χ2n) is 28.3.